The number of nitrogens with one attached hydrogen (secondary N) is 1. The molecule has 0 aliphatic carbocycles. The molecular weight excluding hydrogens is 344 g/mol. The van der Waals surface area contributed by atoms with E-state index in [0.29, 0.717) is 13.2 Å². The smallest absolute Gasteiger partial charge is 0.227 e. The Morgan fingerprint density at radius 3 is 2.85 bits per heavy atom. The van der Waals surface area contributed by atoms with Gasteiger partial charge in [-0.2, -0.15) is 5.10 Å². The van der Waals surface area contributed by atoms with Crippen molar-refractivity contribution in [1.82, 2.24) is 19.7 Å². The van der Waals surface area contributed by atoms with Gasteiger partial charge in [-0.25, -0.2) is 4.98 Å². The summed E-state index contributed by atoms with van der Waals surface area (Å²) in [6.07, 6.45) is 3.68. The number of rotatable bonds is 4. The number of primary amides is 1. The molecule has 8 heteroatoms. The van der Waals surface area contributed by atoms with E-state index in [1.54, 1.807) is 6.20 Å². The number of carbonyl (C=O) groups is 1. The van der Waals surface area contributed by atoms with Gasteiger partial charge >= 0.3 is 0 Å². The highest BCUT2D eigenvalue weighted by molar-refractivity contribution is 5.94. The van der Waals surface area contributed by atoms with Crippen LogP contribution in [0, 0.1) is 0 Å². The predicted molar refractivity (Wildman–Crippen MR) is 103 cm³/mol. The van der Waals surface area contributed by atoms with Crippen LogP contribution in [-0.2, 0) is 14.9 Å². The van der Waals surface area contributed by atoms with E-state index in [0.717, 1.165) is 34.8 Å². The average Bonchev–Trinajstić information content (AvgIpc) is 3.30. The largest absolute Gasteiger partial charge is 0.377 e. The van der Waals surface area contributed by atoms with Crippen LogP contribution in [0.2, 0.25) is 0 Å². The van der Waals surface area contributed by atoms with Crippen LogP contribution in [0.1, 0.15) is 26.3 Å². The van der Waals surface area contributed by atoms with E-state index >= 15 is 0 Å². The van der Waals surface area contributed by atoms with E-state index in [1.165, 1.54) is 0 Å². The van der Waals surface area contributed by atoms with Crippen LogP contribution in [0.5, 0.6) is 0 Å². The maximum Gasteiger partial charge on any atom is 0.227 e. The van der Waals surface area contributed by atoms with Crippen molar-refractivity contribution in [2.24, 2.45) is 5.73 Å². The highest BCUT2D eigenvalue weighted by atomic mass is 16.5. The summed E-state index contributed by atoms with van der Waals surface area (Å²) in [5.41, 5.74) is 6.52. The summed E-state index contributed by atoms with van der Waals surface area (Å²) in [5.74, 6) is 1.19. The van der Waals surface area contributed by atoms with Crippen LogP contribution in [0.25, 0.3) is 16.9 Å². The summed E-state index contributed by atoms with van der Waals surface area (Å²) in [4.78, 5) is 19.3. The zero-order valence-corrected chi connectivity index (χ0v) is 15.8. The predicted octanol–water partition coefficient (Wildman–Crippen LogP) is 1.74. The van der Waals surface area contributed by atoms with E-state index in [-0.39, 0.29) is 11.9 Å². The number of aromatic nitrogens is 4. The second kappa shape index (κ2) is 6.38. The number of H-pyrrole nitrogens is 1. The van der Waals surface area contributed by atoms with Crippen LogP contribution in [0.4, 0.5) is 5.82 Å². The summed E-state index contributed by atoms with van der Waals surface area (Å²) in [5, 5.41) is 7.99. The third-order valence-electron chi connectivity index (χ3n) is 5.33. The SMILES string of the molecule is C[C@@H]1COCCN1c1cc(C(C)(C)C(N)=O)c2ccn(-c3cc[nH]n3)c2n1. The lowest BCUT2D eigenvalue weighted by molar-refractivity contribution is -0.122. The van der Waals surface area contributed by atoms with Gasteiger partial charge in [0, 0.05) is 30.4 Å². The molecule has 0 unspecified atom stereocenters. The van der Waals surface area contributed by atoms with Crippen molar-refractivity contribution in [1.29, 1.82) is 0 Å². The van der Waals surface area contributed by atoms with Gasteiger partial charge in [0.25, 0.3) is 0 Å². The van der Waals surface area contributed by atoms with E-state index in [1.807, 2.05) is 42.8 Å². The van der Waals surface area contributed by atoms with Gasteiger partial charge in [0.05, 0.1) is 24.7 Å². The van der Waals surface area contributed by atoms with Gasteiger partial charge in [-0.1, -0.05) is 0 Å². The number of anilines is 1. The molecule has 1 fully saturated rings. The number of pyridine rings is 1. The number of hydrogen-bond acceptors (Lipinski definition) is 5. The monoisotopic (exact) mass is 368 g/mol. The molecule has 142 valence electrons. The van der Waals surface area contributed by atoms with Crippen molar-refractivity contribution in [3.8, 4) is 5.82 Å². The Morgan fingerprint density at radius 2 is 2.19 bits per heavy atom. The van der Waals surface area contributed by atoms with E-state index in [9.17, 15) is 4.79 Å². The Bertz CT molecular complexity index is 976. The van der Waals surface area contributed by atoms with Crippen molar-refractivity contribution in [3.05, 3.63) is 36.2 Å². The second-order valence-corrected chi connectivity index (χ2v) is 7.49. The molecule has 4 rings (SSSR count). The van der Waals surface area contributed by atoms with Gasteiger partial charge in [-0.15, -0.1) is 0 Å². The molecule has 0 saturated carbocycles. The van der Waals surface area contributed by atoms with Crippen LogP contribution < -0.4 is 10.6 Å². The molecular formula is C19H24N6O2. The number of ether oxygens (including phenoxy) is 1. The summed E-state index contributed by atoms with van der Waals surface area (Å²) >= 11 is 0. The van der Waals surface area contributed by atoms with Crippen LogP contribution in [0.3, 0.4) is 0 Å². The Balaban J connectivity index is 1.96. The maximum atomic E-state index is 12.2. The van der Waals surface area contributed by atoms with Crippen LogP contribution in [-0.4, -0.2) is 51.5 Å². The molecule has 1 aliphatic heterocycles. The van der Waals surface area contributed by atoms with Crippen molar-refractivity contribution < 1.29 is 9.53 Å². The Hall–Kier alpha value is -2.87. The lowest BCUT2D eigenvalue weighted by Gasteiger charge is -2.35. The van der Waals surface area contributed by atoms with Gasteiger partial charge in [0.2, 0.25) is 5.91 Å². The van der Waals surface area contributed by atoms with Gasteiger partial charge < -0.3 is 15.4 Å². The molecule has 3 aromatic rings. The van der Waals surface area contributed by atoms with Gasteiger partial charge in [0.1, 0.15) is 11.5 Å². The van der Waals surface area contributed by atoms with E-state index < -0.39 is 5.41 Å². The summed E-state index contributed by atoms with van der Waals surface area (Å²) < 4.78 is 7.48. The van der Waals surface area contributed by atoms with Crippen molar-refractivity contribution in [3.63, 3.8) is 0 Å². The molecule has 0 aromatic carbocycles. The third kappa shape index (κ3) is 2.86. The Labute approximate surface area is 157 Å². The normalized spacial score (nSPS) is 18.2. The van der Waals surface area contributed by atoms with Crippen molar-refractivity contribution in [2.45, 2.75) is 32.2 Å². The van der Waals surface area contributed by atoms with E-state index in [2.05, 4.69) is 22.0 Å². The number of aromatic amines is 1. The zero-order valence-electron chi connectivity index (χ0n) is 15.8. The molecule has 1 saturated heterocycles. The lowest BCUT2D eigenvalue weighted by atomic mass is 9.82. The highest BCUT2D eigenvalue weighted by Gasteiger charge is 2.32. The van der Waals surface area contributed by atoms with Gasteiger partial charge in [-0.05, 0) is 38.5 Å². The number of nitrogens with zero attached hydrogens (tertiary/aromatic N) is 4. The first-order chi connectivity index (χ1) is 12.9. The lowest BCUT2D eigenvalue weighted by Crippen LogP contribution is -2.44. The second-order valence-electron chi connectivity index (χ2n) is 7.49. The summed E-state index contributed by atoms with van der Waals surface area (Å²) in [6.45, 7) is 7.86. The molecule has 1 atom stereocenters. The van der Waals surface area contributed by atoms with Gasteiger partial charge in [0.15, 0.2) is 5.82 Å². The topological polar surface area (TPSA) is 102 Å². The standard InChI is InChI=1S/C19H24N6O2/c1-12-11-27-9-8-24(12)16-10-14(19(2,3)18(20)26)13-5-7-25(17(13)22-16)15-4-6-21-23-15/h4-7,10,12H,8-9,11H2,1-3H3,(H2,20,26)(H,21,23)/t12-/m1/s1. The van der Waals surface area contributed by atoms with E-state index in [4.69, 9.17) is 15.5 Å². The molecule has 1 amide bonds. The maximum absolute atomic E-state index is 12.2. The molecule has 8 nitrogen and oxygen atoms in total. The summed E-state index contributed by atoms with van der Waals surface area (Å²) in [7, 11) is 0. The number of hydrogen-bond donors (Lipinski definition) is 2. The van der Waals surface area contributed by atoms with Crippen molar-refractivity contribution >= 4 is 22.8 Å². The number of morpholine rings is 1. The quantitative estimate of drug-likeness (QED) is 0.730. The fourth-order valence-corrected chi connectivity index (χ4v) is 3.53. The number of fused-ring (bicyclic) bond motifs is 1. The first-order valence-electron chi connectivity index (χ1n) is 9.06. The third-order valence-corrected chi connectivity index (χ3v) is 5.33. The Morgan fingerprint density at radius 1 is 1.37 bits per heavy atom. The summed E-state index contributed by atoms with van der Waals surface area (Å²) in [6, 6.07) is 6.03. The highest BCUT2D eigenvalue weighted by Crippen LogP contribution is 2.34. The molecule has 3 aromatic heterocycles. The molecule has 0 radical (unpaired) electrons. The minimum absolute atomic E-state index is 0.196. The molecule has 0 bridgehead atoms. The number of carbonyl (C=O) groups excluding carboxylic acids is 1. The fraction of sp³-hybridized carbons (Fsp3) is 0.421. The first kappa shape index (κ1) is 17.5. The molecule has 27 heavy (non-hydrogen) atoms. The molecule has 0 spiro atoms. The molecule has 1 aliphatic rings. The van der Waals surface area contributed by atoms with Gasteiger partial charge in [-0.3, -0.25) is 14.5 Å². The Kier molecular flexibility index (Phi) is 4.15. The minimum Gasteiger partial charge on any atom is -0.377 e. The number of nitrogens with two attached hydrogens (primary N) is 1. The minimum atomic E-state index is -0.830. The molecule has 4 heterocycles. The molecule has 3 N–H and O–H groups in total. The average molecular weight is 368 g/mol. The van der Waals surface area contributed by atoms with Crippen LogP contribution >= 0.6 is 0 Å². The van der Waals surface area contributed by atoms with Crippen molar-refractivity contribution in [2.75, 3.05) is 24.7 Å². The fourth-order valence-electron chi connectivity index (χ4n) is 3.53. The number of amides is 1. The first-order valence-corrected chi connectivity index (χ1v) is 9.06. The zero-order chi connectivity index (χ0) is 19.2. The van der Waals surface area contributed by atoms with Crippen LogP contribution in [0.15, 0.2) is 30.6 Å².